The normalized spacial score (nSPS) is 19.2. The predicted molar refractivity (Wildman–Crippen MR) is 73.7 cm³/mol. The number of carbonyl (C=O) groups is 1. The van der Waals surface area contributed by atoms with Crippen LogP contribution in [0.15, 0.2) is 18.2 Å². The molecule has 0 saturated carbocycles. The second kappa shape index (κ2) is 4.55. The number of benzene rings is 1. The van der Waals surface area contributed by atoms with Gasteiger partial charge in [-0.15, -0.1) is 0 Å². The molecule has 94 valence electrons. The summed E-state index contributed by atoms with van der Waals surface area (Å²) in [6.45, 7) is 0.919. The second-order valence-electron chi connectivity index (χ2n) is 4.37. The predicted octanol–water partition coefficient (Wildman–Crippen LogP) is 1.57. The van der Waals surface area contributed by atoms with Gasteiger partial charge in [0.25, 0.3) is 0 Å². The molecule has 18 heavy (non-hydrogen) atoms. The summed E-state index contributed by atoms with van der Waals surface area (Å²) in [6, 6.07) is 5.58. The third-order valence-electron chi connectivity index (χ3n) is 3.05. The summed E-state index contributed by atoms with van der Waals surface area (Å²) < 4.78 is 0.990. The van der Waals surface area contributed by atoms with Gasteiger partial charge in [0, 0.05) is 5.69 Å². The molecule has 4 N–H and O–H groups in total. The number of rotatable bonds is 2. The fourth-order valence-electron chi connectivity index (χ4n) is 2.16. The lowest BCUT2D eigenvalue weighted by Gasteiger charge is -2.10. The average Bonchev–Trinajstić information content (AvgIpc) is 2.95. The van der Waals surface area contributed by atoms with Crippen LogP contribution in [0, 0.1) is 0 Å². The highest BCUT2D eigenvalue weighted by atomic mass is 32.1. The van der Waals surface area contributed by atoms with Gasteiger partial charge in [-0.25, -0.2) is 4.98 Å². The number of fused-ring (bicyclic) bond motifs is 1. The van der Waals surface area contributed by atoms with Gasteiger partial charge in [-0.1, -0.05) is 11.3 Å². The van der Waals surface area contributed by atoms with E-state index in [1.807, 2.05) is 18.2 Å². The van der Waals surface area contributed by atoms with Crippen LogP contribution in [0.2, 0.25) is 0 Å². The number of thiazole rings is 1. The molecule has 1 atom stereocenters. The lowest BCUT2D eigenvalue weighted by atomic mass is 10.2. The molecule has 1 amide bonds. The first kappa shape index (κ1) is 11.4. The van der Waals surface area contributed by atoms with Gasteiger partial charge in [-0.05, 0) is 37.6 Å². The molecule has 2 heterocycles. The minimum absolute atomic E-state index is 0.0318. The summed E-state index contributed by atoms with van der Waals surface area (Å²) >= 11 is 1.43. The van der Waals surface area contributed by atoms with E-state index in [1.54, 1.807) is 0 Å². The van der Waals surface area contributed by atoms with Crippen LogP contribution < -0.4 is 16.4 Å². The maximum absolute atomic E-state index is 11.9. The summed E-state index contributed by atoms with van der Waals surface area (Å²) in [5.74, 6) is 0.0318. The molecule has 2 aromatic rings. The molecule has 1 aromatic heterocycles. The van der Waals surface area contributed by atoms with Crippen molar-refractivity contribution in [2.24, 2.45) is 0 Å². The topological polar surface area (TPSA) is 80.0 Å². The molecule has 0 bridgehead atoms. The smallest absolute Gasteiger partial charge is 0.241 e. The lowest BCUT2D eigenvalue weighted by Crippen LogP contribution is -2.35. The minimum Gasteiger partial charge on any atom is -0.375 e. The Labute approximate surface area is 108 Å². The molecule has 1 aliphatic heterocycles. The number of anilines is 2. The number of nitrogens with zero attached hydrogens (tertiary/aromatic N) is 1. The summed E-state index contributed by atoms with van der Waals surface area (Å²) in [5, 5.41) is 6.65. The van der Waals surface area contributed by atoms with Crippen molar-refractivity contribution in [3.8, 4) is 0 Å². The van der Waals surface area contributed by atoms with Crippen LogP contribution >= 0.6 is 11.3 Å². The molecule has 1 unspecified atom stereocenters. The third kappa shape index (κ3) is 2.16. The van der Waals surface area contributed by atoms with Gasteiger partial charge >= 0.3 is 0 Å². The van der Waals surface area contributed by atoms with Gasteiger partial charge in [0.05, 0.1) is 16.3 Å². The molecule has 1 fully saturated rings. The number of hydrogen-bond donors (Lipinski definition) is 3. The molecule has 0 spiro atoms. The van der Waals surface area contributed by atoms with E-state index >= 15 is 0 Å². The zero-order valence-corrected chi connectivity index (χ0v) is 10.6. The first-order valence-electron chi connectivity index (χ1n) is 5.93. The largest absolute Gasteiger partial charge is 0.375 e. The Hall–Kier alpha value is -1.66. The van der Waals surface area contributed by atoms with Crippen LogP contribution in [0.4, 0.5) is 10.8 Å². The number of aromatic nitrogens is 1. The van der Waals surface area contributed by atoms with E-state index in [-0.39, 0.29) is 11.9 Å². The monoisotopic (exact) mass is 262 g/mol. The number of nitrogens with two attached hydrogens (primary N) is 1. The summed E-state index contributed by atoms with van der Waals surface area (Å²) in [4.78, 5) is 16.1. The quantitative estimate of drug-likeness (QED) is 0.767. The van der Waals surface area contributed by atoms with Crippen LogP contribution in [0.3, 0.4) is 0 Å². The molecule has 5 nitrogen and oxygen atoms in total. The third-order valence-corrected chi connectivity index (χ3v) is 3.90. The maximum atomic E-state index is 11.9. The highest BCUT2D eigenvalue weighted by Crippen LogP contribution is 2.26. The highest BCUT2D eigenvalue weighted by Gasteiger charge is 2.21. The molecule has 3 rings (SSSR count). The summed E-state index contributed by atoms with van der Waals surface area (Å²) in [7, 11) is 0. The first-order valence-corrected chi connectivity index (χ1v) is 6.74. The van der Waals surface area contributed by atoms with E-state index in [4.69, 9.17) is 5.73 Å². The molecule has 0 aliphatic carbocycles. The van der Waals surface area contributed by atoms with E-state index < -0.39 is 0 Å². The standard InChI is InChI=1S/C12H14N4OS/c13-12-16-8-4-3-7(6-10(8)18-12)15-11(17)9-2-1-5-14-9/h3-4,6,9,14H,1-2,5H2,(H2,13,16)(H,15,17). The van der Waals surface area contributed by atoms with Crippen molar-refractivity contribution in [3.05, 3.63) is 18.2 Å². The number of hydrogen-bond acceptors (Lipinski definition) is 5. The van der Waals surface area contributed by atoms with Gasteiger partial charge in [0.2, 0.25) is 5.91 Å². The van der Waals surface area contributed by atoms with Crippen LogP contribution in [-0.2, 0) is 4.79 Å². The molecule has 1 saturated heterocycles. The van der Waals surface area contributed by atoms with Crippen LogP contribution in [-0.4, -0.2) is 23.5 Å². The van der Waals surface area contributed by atoms with E-state index in [0.717, 1.165) is 35.3 Å². The van der Waals surface area contributed by atoms with E-state index in [9.17, 15) is 4.79 Å². The number of nitrogens with one attached hydrogen (secondary N) is 2. The number of amides is 1. The molecule has 1 aliphatic rings. The van der Waals surface area contributed by atoms with Crippen molar-refractivity contribution in [2.75, 3.05) is 17.6 Å². The van der Waals surface area contributed by atoms with Gasteiger partial charge < -0.3 is 16.4 Å². The number of carbonyl (C=O) groups excluding carboxylic acids is 1. The second-order valence-corrected chi connectivity index (χ2v) is 5.44. The van der Waals surface area contributed by atoms with Crippen LogP contribution in [0.25, 0.3) is 10.2 Å². The molecular weight excluding hydrogens is 248 g/mol. The summed E-state index contributed by atoms with van der Waals surface area (Å²) in [6.07, 6.45) is 1.96. The van der Waals surface area contributed by atoms with Crippen molar-refractivity contribution >= 4 is 38.3 Å². The summed E-state index contributed by atoms with van der Waals surface area (Å²) in [5.41, 5.74) is 7.32. The Morgan fingerprint density at radius 3 is 3.22 bits per heavy atom. The van der Waals surface area contributed by atoms with E-state index in [2.05, 4.69) is 15.6 Å². The van der Waals surface area contributed by atoms with E-state index in [0.29, 0.717) is 5.13 Å². The Bertz CT molecular complexity index is 589. The zero-order chi connectivity index (χ0) is 12.5. The molecule has 0 radical (unpaired) electrons. The van der Waals surface area contributed by atoms with Crippen molar-refractivity contribution in [3.63, 3.8) is 0 Å². The van der Waals surface area contributed by atoms with Crippen molar-refractivity contribution in [2.45, 2.75) is 18.9 Å². The van der Waals surface area contributed by atoms with Crippen molar-refractivity contribution in [1.29, 1.82) is 0 Å². The zero-order valence-electron chi connectivity index (χ0n) is 9.77. The van der Waals surface area contributed by atoms with E-state index in [1.165, 1.54) is 11.3 Å². The molecule has 1 aromatic carbocycles. The Morgan fingerprint density at radius 1 is 1.56 bits per heavy atom. The Morgan fingerprint density at radius 2 is 2.44 bits per heavy atom. The first-order chi connectivity index (χ1) is 8.72. The Kier molecular flexibility index (Phi) is 2.89. The van der Waals surface area contributed by atoms with Crippen molar-refractivity contribution < 1.29 is 4.79 Å². The lowest BCUT2D eigenvalue weighted by molar-refractivity contribution is -0.117. The Balaban J connectivity index is 1.79. The minimum atomic E-state index is -0.0628. The highest BCUT2D eigenvalue weighted by molar-refractivity contribution is 7.22. The average molecular weight is 262 g/mol. The maximum Gasteiger partial charge on any atom is 0.241 e. The fourth-order valence-corrected chi connectivity index (χ4v) is 2.93. The van der Waals surface area contributed by atoms with Crippen LogP contribution in [0.1, 0.15) is 12.8 Å². The van der Waals surface area contributed by atoms with Crippen molar-refractivity contribution in [1.82, 2.24) is 10.3 Å². The van der Waals surface area contributed by atoms with Crippen LogP contribution in [0.5, 0.6) is 0 Å². The number of nitrogen functional groups attached to an aromatic ring is 1. The van der Waals surface area contributed by atoms with Gasteiger partial charge in [0.15, 0.2) is 5.13 Å². The molecule has 6 heteroatoms. The van der Waals surface area contributed by atoms with Gasteiger partial charge in [-0.3, -0.25) is 4.79 Å². The molecular formula is C12H14N4OS. The SMILES string of the molecule is Nc1nc2ccc(NC(=O)C3CCCN3)cc2s1. The fraction of sp³-hybridized carbons (Fsp3) is 0.333. The van der Waals surface area contributed by atoms with Gasteiger partial charge in [0.1, 0.15) is 0 Å². The van der Waals surface area contributed by atoms with Gasteiger partial charge in [-0.2, -0.15) is 0 Å².